The third kappa shape index (κ3) is 7.49. The molecule has 11 nitrogen and oxygen atoms in total. The van der Waals surface area contributed by atoms with Crippen LogP contribution in [-0.2, 0) is 19.0 Å². The minimum absolute atomic E-state index is 0.0488. The van der Waals surface area contributed by atoms with Crippen LogP contribution >= 0.6 is 0 Å². The fourth-order valence-electron chi connectivity index (χ4n) is 4.92. The molecule has 1 aromatic rings. The van der Waals surface area contributed by atoms with E-state index < -0.39 is 67.0 Å². The van der Waals surface area contributed by atoms with Gasteiger partial charge < -0.3 is 49.6 Å². The van der Waals surface area contributed by atoms with E-state index in [0.29, 0.717) is 17.6 Å². The Bertz CT molecular complexity index is 1120. The average Bonchev–Trinajstić information content (AvgIpc) is 2.90. The molecule has 0 radical (unpaired) electrons. The fraction of sp³-hybridized carbons (Fsp3) is 0.552. The van der Waals surface area contributed by atoms with Gasteiger partial charge in [0.2, 0.25) is 0 Å². The van der Waals surface area contributed by atoms with Gasteiger partial charge in [0.05, 0.1) is 19.3 Å². The van der Waals surface area contributed by atoms with Crippen molar-refractivity contribution in [3.8, 4) is 11.5 Å². The van der Waals surface area contributed by atoms with Gasteiger partial charge in [-0.2, -0.15) is 0 Å². The molecule has 6 N–H and O–H groups in total. The Kier molecular flexibility index (Phi) is 10.5. The summed E-state index contributed by atoms with van der Waals surface area (Å²) >= 11 is 0. The molecule has 11 heteroatoms. The largest absolute Gasteiger partial charge is 0.504 e. The van der Waals surface area contributed by atoms with Crippen molar-refractivity contribution >= 4 is 12.0 Å². The Hall–Kier alpha value is -2.77. The Balaban J connectivity index is 1.66. The number of methoxy groups -OCH3 is 1. The number of benzene rings is 1. The predicted molar refractivity (Wildman–Crippen MR) is 144 cm³/mol. The number of carbonyl (C=O) groups is 1. The second kappa shape index (κ2) is 13.3. The van der Waals surface area contributed by atoms with E-state index in [1.54, 1.807) is 32.1 Å². The van der Waals surface area contributed by atoms with E-state index in [0.717, 1.165) is 11.6 Å². The number of esters is 1. The number of hydrogen-bond acceptors (Lipinski definition) is 11. The molecule has 8 atom stereocenters. The molecule has 1 heterocycles. The van der Waals surface area contributed by atoms with Crippen molar-refractivity contribution in [1.82, 2.24) is 0 Å². The van der Waals surface area contributed by atoms with Crippen LogP contribution in [0.1, 0.15) is 39.7 Å². The van der Waals surface area contributed by atoms with Gasteiger partial charge in [0.1, 0.15) is 37.1 Å². The third-order valence-corrected chi connectivity index (χ3v) is 7.19. The van der Waals surface area contributed by atoms with E-state index in [1.165, 1.54) is 25.3 Å². The maximum absolute atomic E-state index is 12.3. The molecular weight excluding hydrogens is 524 g/mol. The molecule has 1 fully saturated rings. The zero-order valence-electron chi connectivity index (χ0n) is 23.3. The number of carbonyl (C=O) groups excluding carboxylic acids is 1. The summed E-state index contributed by atoms with van der Waals surface area (Å²) in [5, 5.41) is 61.7. The number of phenols is 1. The van der Waals surface area contributed by atoms with E-state index >= 15 is 0 Å². The fourth-order valence-corrected chi connectivity index (χ4v) is 4.92. The Morgan fingerprint density at radius 3 is 2.50 bits per heavy atom. The van der Waals surface area contributed by atoms with E-state index in [-0.39, 0.29) is 11.5 Å². The first-order chi connectivity index (χ1) is 18.7. The van der Waals surface area contributed by atoms with E-state index in [9.17, 15) is 35.4 Å². The molecule has 0 spiro atoms. The van der Waals surface area contributed by atoms with Crippen LogP contribution in [0.5, 0.6) is 11.5 Å². The molecule has 0 unspecified atom stereocenters. The molecule has 0 saturated carbocycles. The lowest BCUT2D eigenvalue weighted by Gasteiger charge is -2.45. The van der Waals surface area contributed by atoms with Gasteiger partial charge in [-0.15, -0.1) is 0 Å². The van der Waals surface area contributed by atoms with E-state index in [2.05, 4.69) is 0 Å². The summed E-state index contributed by atoms with van der Waals surface area (Å²) < 4.78 is 21.9. The summed E-state index contributed by atoms with van der Waals surface area (Å²) in [6, 6.07) is 4.51. The Morgan fingerprint density at radius 2 is 1.85 bits per heavy atom. The molecule has 3 rings (SSSR count). The van der Waals surface area contributed by atoms with Gasteiger partial charge in [0, 0.05) is 6.08 Å². The second-order valence-corrected chi connectivity index (χ2v) is 10.8. The number of ether oxygens (including phenoxy) is 4. The summed E-state index contributed by atoms with van der Waals surface area (Å²) in [6.45, 7) is 6.86. The van der Waals surface area contributed by atoms with Crippen molar-refractivity contribution in [2.24, 2.45) is 5.41 Å². The normalized spacial score (nSPS) is 31.5. The van der Waals surface area contributed by atoms with Gasteiger partial charge in [0.15, 0.2) is 17.8 Å². The van der Waals surface area contributed by atoms with Gasteiger partial charge in [-0.3, -0.25) is 0 Å². The third-order valence-electron chi connectivity index (χ3n) is 7.19. The van der Waals surface area contributed by atoms with Crippen LogP contribution in [0.2, 0.25) is 0 Å². The van der Waals surface area contributed by atoms with Crippen LogP contribution in [0, 0.1) is 5.41 Å². The topological polar surface area (TPSA) is 175 Å². The molecule has 1 aliphatic heterocycles. The van der Waals surface area contributed by atoms with Crippen molar-refractivity contribution in [2.75, 3.05) is 13.7 Å². The van der Waals surface area contributed by atoms with Crippen LogP contribution in [0.3, 0.4) is 0 Å². The Labute approximate surface area is 233 Å². The minimum atomic E-state index is -1.66. The van der Waals surface area contributed by atoms with Crippen LogP contribution in [0.15, 0.2) is 47.6 Å². The molecule has 0 bridgehead atoms. The van der Waals surface area contributed by atoms with Crippen molar-refractivity contribution in [3.63, 3.8) is 0 Å². The van der Waals surface area contributed by atoms with Crippen molar-refractivity contribution < 1.29 is 54.4 Å². The summed E-state index contributed by atoms with van der Waals surface area (Å²) in [5.41, 5.74) is 1.59. The minimum Gasteiger partial charge on any atom is -0.504 e. The molecule has 0 amide bonds. The number of allylic oxidation sites excluding steroid dienone is 2. The molecule has 222 valence electrons. The van der Waals surface area contributed by atoms with Crippen LogP contribution in [0.25, 0.3) is 6.08 Å². The molecule has 40 heavy (non-hydrogen) atoms. The van der Waals surface area contributed by atoms with Crippen molar-refractivity contribution in [1.29, 1.82) is 0 Å². The van der Waals surface area contributed by atoms with Crippen molar-refractivity contribution in [2.45, 2.75) is 83.1 Å². The Morgan fingerprint density at radius 1 is 1.15 bits per heavy atom. The molecule has 1 aliphatic carbocycles. The average molecular weight is 565 g/mol. The quantitative estimate of drug-likeness (QED) is 0.188. The van der Waals surface area contributed by atoms with Gasteiger partial charge in [-0.05, 0) is 60.6 Å². The first-order valence-electron chi connectivity index (χ1n) is 13.1. The number of aliphatic hydroxyl groups excluding tert-OH is 5. The summed E-state index contributed by atoms with van der Waals surface area (Å²) in [5.74, 6) is -0.575. The highest BCUT2D eigenvalue weighted by Gasteiger charge is 2.47. The predicted octanol–water partition coefficient (Wildman–Crippen LogP) is 1.19. The van der Waals surface area contributed by atoms with E-state index in [1.807, 2.05) is 13.8 Å². The molecule has 0 aromatic heterocycles. The highest BCUT2D eigenvalue weighted by Crippen LogP contribution is 2.43. The zero-order chi connectivity index (χ0) is 29.8. The lowest BCUT2D eigenvalue weighted by molar-refractivity contribution is -0.318. The van der Waals surface area contributed by atoms with E-state index in [4.69, 9.17) is 18.9 Å². The smallest absolute Gasteiger partial charge is 0.330 e. The lowest BCUT2D eigenvalue weighted by Crippen LogP contribution is -2.60. The van der Waals surface area contributed by atoms with Crippen LogP contribution in [-0.4, -0.2) is 99.3 Å². The first kappa shape index (κ1) is 31.8. The van der Waals surface area contributed by atoms with Crippen LogP contribution in [0.4, 0.5) is 0 Å². The SMILES string of the molecule is COc1cc(/C=C/C(=O)OC[C@H]2O[C@@H](O[C@H]3CC(C)(C)C(/C=C/[C@@H](C)O)=C(C)[C@H]3O)[C@H](O)[C@@H](O)[C@@H]2O)ccc1O. The number of aromatic hydroxyl groups is 1. The number of rotatable bonds is 9. The lowest BCUT2D eigenvalue weighted by atomic mass is 9.70. The standard InChI is InChI=1S/C29H40O11/c1-15(30)6-9-18-16(2)24(33)21(13-29(18,3)4)39-28-27(36)26(35)25(34)22(40-28)14-38-23(32)11-8-17-7-10-19(31)20(12-17)37-5/h6-12,15,21-22,24-28,30-31,33-36H,13-14H2,1-5H3/b9-6+,11-8+/t15-,21+,22-,24-,25-,26+,27-,28-/m1/s1. The molecule has 1 aromatic carbocycles. The highest BCUT2D eigenvalue weighted by atomic mass is 16.7. The maximum Gasteiger partial charge on any atom is 0.330 e. The summed E-state index contributed by atoms with van der Waals surface area (Å²) in [7, 11) is 1.40. The van der Waals surface area contributed by atoms with Gasteiger partial charge in [-0.25, -0.2) is 4.79 Å². The summed E-state index contributed by atoms with van der Waals surface area (Å²) in [4.78, 5) is 12.3. The summed E-state index contributed by atoms with van der Waals surface area (Å²) in [6.07, 6.45) is -3.68. The maximum atomic E-state index is 12.3. The molecule has 2 aliphatic rings. The first-order valence-corrected chi connectivity index (χ1v) is 13.1. The number of hydrogen-bond donors (Lipinski definition) is 6. The van der Waals surface area contributed by atoms with Crippen molar-refractivity contribution in [3.05, 3.63) is 53.1 Å². The highest BCUT2D eigenvalue weighted by molar-refractivity contribution is 5.87. The second-order valence-electron chi connectivity index (χ2n) is 10.8. The molecular formula is C29H40O11. The van der Waals surface area contributed by atoms with Gasteiger partial charge >= 0.3 is 5.97 Å². The van der Waals surface area contributed by atoms with Gasteiger partial charge in [-0.1, -0.05) is 32.1 Å². The molecule has 1 saturated heterocycles. The zero-order valence-corrected chi connectivity index (χ0v) is 23.3. The van der Waals surface area contributed by atoms with Gasteiger partial charge in [0.25, 0.3) is 0 Å². The number of phenolic OH excluding ortho intramolecular Hbond substituents is 1. The van der Waals surface area contributed by atoms with Crippen LogP contribution < -0.4 is 4.74 Å². The number of aliphatic hydroxyl groups is 5. The monoisotopic (exact) mass is 564 g/mol.